The zero-order chi connectivity index (χ0) is 16.9. The number of aromatic nitrogens is 5. The largest absolute Gasteiger partial charge is 0.364 e. The molecule has 4 heterocycles. The third-order valence-corrected chi connectivity index (χ3v) is 4.16. The zero-order valence-electron chi connectivity index (χ0n) is 13.8. The lowest BCUT2D eigenvalue weighted by molar-refractivity contribution is 0.708. The minimum atomic E-state index is 0.598. The molecule has 0 radical (unpaired) electrons. The van der Waals surface area contributed by atoms with E-state index in [1.165, 1.54) is 5.56 Å². The highest BCUT2D eigenvalue weighted by atomic mass is 15.1. The molecule has 0 saturated carbocycles. The molecule has 0 aromatic carbocycles. The Morgan fingerprint density at radius 1 is 1.00 bits per heavy atom. The lowest BCUT2D eigenvalue weighted by Gasteiger charge is -2.14. The van der Waals surface area contributed by atoms with Crippen molar-refractivity contribution in [3.05, 3.63) is 59.9 Å². The number of hydrogen-bond acceptors (Lipinski definition) is 7. The molecule has 0 unspecified atom stereocenters. The van der Waals surface area contributed by atoms with Crippen LogP contribution in [0, 0.1) is 0 Å². The van der Waals surface area contributed by atoms with E-state index in [0.717, 1.165) is 48.8 Å². The van der Waals surface area contributed by atoms with Gasteiger partial charge in [-0.3, -0.25) is 4.98 Å². The molecular formula is C18H19N7. The number of fused-ring (bicyclic) bond motifs is 1. The van der Waals surface area contributed by atoms with Gasteiger partial charge in [-0.1, -0.05) is 6.07 Å². The Balaban J connectivity index is 1.70. The van der Waals surface area contributed by atoms with Gasteiger partial charge in [0.25, 0.3) is 0 Å². The maximum absolute atomic E-state index is 4.78. The van der Waals surface area contributed by atoms with Gasteiger partial charge in [-0.2, -0.15) is 0 Å². The molecule has 0 saturated heterocycles. The Bertz CT molecular complexity index is 837. The summed E-state index contributed by atoms with van der Waals surface area (Å²) in [4.78, 5) is 22.1. The predicted octanol–water partition coefficient (Wildman–Crippen LogP) is 1.63. The van der Waals surface area contributed by atoms with E-state index in [2.05, 4.69) is 25.6 Å². The predicted molar refractivity (Wildman–Crippen MR) is 94.9 cm³/mol. The molecule has 126 valence electrons. The van der Waals surface area contributed by atoms with E-state index in [1.54, 1.807) is 18.7 Å². The van der Waals surface area contributed by atoms with Crippen LogP contribution < -0.4 is 10.6 Å². The molecule has 0 spiro atoms. The first-order chi connectivity index (χ1) is 12.4. The molecule has 0 bridgehead atoms. The Kier molecular flexibility index (Phi) is 4.56. The van der Waals surface area contributed by atoms with Gasteiger partial charge in [-0.15, -0.1) is 0 Å². The standard InChI is InChI=1S/C18H19N7/c1-2-7-21-16(3-1)18-24-15-6-10-19-9-5-14(15)17(25-18)22-11-13-4-8-20-12-23-13/h1-4,7-8,12,19H,5-6,9-11H2,(H,22,24,25). The Labute approximate surface area is 146 Å². The van der Waals surface area contributed by atoms with Crippen LogP contribution in [0.15, 0.2) is 43.0 Å². The summed E-state index contributed by atoms with van der Waals surface area (Å²) in [6.45, 7) is 2.46. The topological polar surface area (TPSA) is 88.5 Å². The van der Waals surface area contributed by atoms with Crippen molar-refractivity contribution in [2.24, 2.45) is 0 Å². The molecule has 0 aliphatic carbocycles. The van der Waals surface area contributed by atoms with E-state index in [0.29, 0.717) is 12.4 Å². The van der Waals surface area contributed by atoms with Gasteiger partial charge in [0.1, 0.15) is 17.8 Å². The highest BCUT2D eigenvalue weighted by Gasteiger charge is 2.17. The summed E-state index contributed by atoms with van der Waals surface area (Å²) in [5.74, 6) is 1.53. The van der Waals surface area contributed by atoms with Crippen LogP contribution in [0.2, 0.25) is 0 Å². The summed E-state index contributed by atoms with van der Waals surface area (Å²) in [6, 6.07) is 7.68. The van der Waals surface area contributed by atoms with Crippen LogP contribution in [0.4, 0.5) is 5.82 Å². The molecule has 4 rings (SSSR count). The van der Waals surface area contributed by atoms with Crippen LogP contribution in [0.3, 0.4) is 0 Å². The van der Waals surface area contributed by atoms with Gasteiger partial charge < -0.3 is 10.6 Å². The lowest BCUT2D eigenvalue weighted by Crippen LogP contribution is -2.16. The Morgan fingerprint density at radius 2 is 1.96 bits per heavy atom. The van der Waals surface area contributed by atoms with Crippen molar-refractivity contribution in [2.45, 2.75) is 19.4 Å². The van der Waals surface area contributed by atoms with Gasteiger partial charge in [0.2, 0.25) is 0 Å². The average Bonchev–Trinajstić information content (AvgIpc) is 2.93. The fourth-order valence-electron chi connectivity index (χ4n) is 2.90. The van der Waals surface area contributed by atoms with Crippen LogP contribution >= 0.6 is 0 Å². The number of pyridine rings is 1. The van der Waals surface area contributed by atoms with Crippen molar-refractivity contribution in [3.63, 3.8) is 0 Å². The highest BCUT2D eigenvalue weighted by Crippen LogP contribution is 2.24. The maximum Gasteiger partial charge on any atom is 0.180 e. The summed E-state index contributed by atoms with van der Waals surface area (Å²) in [5.41, 5.74) is 3.98. The number of nitrogens with one attached hydrogen (secondary N) is 2. The van der Waals surface area contributed by atoms with Crippen LogP contribution in [-0.4, -0.2) is 38.0 Å². The van der Waals surface area contributed by atoms with Crippen LogP contribution in [0.25, 0.3) is 11.5 Å². The first-order valence-corrected chi connectivity index (χ1v) is 8.41. The quantitative estimate of drug-likeness (QED) is 0.750. The fraction of sp³-hybridized carbons (Fsp3) is 0.278. The van der Waals surface area contributed by atoms with E-state index >= 15 is 0 Å². The summed E-state index contributed by atoms with van der Waals surface area (Å²) in [6.07, 6.45) is 6.86. The monoisotopic (exact) mass is 333 g/mol. The van der Waals surface area contributed by atoms with E-state index in [9.17, 15) is 0 Å². The van der Waals surface area contributed by atoms with Crippen molar-refractivity contribution in [1.82, 2.24) is 30.2 Å². The molecule has 3 aromatic heterocycles. The minimum Gasteiger partial charge on any atom is -0.364 e. The van der Waals surface area contributed by atoms with E-state index < -0.39 is 0 Å². The van der Waals surface area contributed by atoms with Crippen LogP contribution in [0.5, 0.6) is 0 Å². The molecule has 0 amide bonds. The van der Waals surface area contributed by atoms with Crippen molar-refractivity contribution >= 4 is 5.82 Å². The molecule has 2 N–H and O–H groups in total. The molecule has 1 aliphatic heterocycles. The van der Waals surface area contributed by atoms with E-state index in [4.69, 9.17) is 9.97 Å². The Hall–Kier alpha value is -2.93. The third kappa shape index (κ3) is 3.61. The van der Waals surface area contributed by atoms with Gasteiger partial charge in [0, 0.05) is 30.9 Å². The Morgan fingerprint density at radius 3 is 2.80 bits per heavy atom. The molecule has 3 aromatic rings. The van der Waals surface area contributed by atoms with Crippen molar-refractivity contribution < 1.29 is 0 Å². The minimum absolute atomic E-state index is 0.598. The number of rotatable bonds is 4. The normalized spacial score (nSPS) is 13.8. The molecule has 0 atom stereocenters. The second-order valence-corrected chi connectivity index (χ2v) is 5.84. The van der Waals surface area contributed by atoms with Crippen molar-refractivity contribution in [2.75, 3.05) is 18.4 Å². The molecular weight excluding hydrogens is 314 g/mol. The van der Waals surface area contributed by atoms with Crippen LogP contribution in [-0.2, 0) is 19.4 Å². The van der Waals surface area contributed by atoms with Gasteiger partial charge >= 0.3 is 0 Å². The van der Waals surface area contributed by atoms with E-state index in [-0.39, 0.29) is 0 Å². The zero-order valence-corrected chi connectivity index (χ0v) is 13.8. The second kappa shape index (κ2) is 7.31. The van der Waals surface area contributed by atoms with E-state index in [1.807, 2.05) is 24.3 Å². The van der Waals surface area contributed by atoms with Gasteiger partial charge in [-0.05, 0) is 31.2 Å². The first kappa shape index (κ1) is 15.6. The van der Waals surface area contributed by atoms with Crippen molar-refractivity contribution in [1.29, 1.82) is 0 Å². The summed E-state index contributed by atoms with van der Waals surface area (Å²) in [5, 5.41) is 6.85. The number of anilines is 1. The second-order valence-electron chi connectivity index (χ2n) is 5.84. The molecule has 1 aliphatic rings. The van der Waals surface area contributed by atoms with Crippen molar-refractivity contribution in [3.8, 4) is 11.5 Å². The maximum atomic E-state index is 4.78. The summed E-state index contributed by atoms with van der Waals surface area (Å²) < 4.78 is 0. The number of nitrogens with zero attached hydrogens (tertiary/aromatic N) is 5. The lowest BCUT2D eigenvalue weighted by atomic mass is 10.1. The molecule has 7 nitrogen and oxygen atoms in total. The molecule has 7 heteroatoms. The fourth-order valence-corrected chi connectivity index (χ4v) is 2.90. The summed E-state index contributed by atoms with van der Waals surface area (Å²) >= 11 is 0. The third-order valence-electron chi connectivity index (χ3n) is 4.16. The van der Waals surface area contributed by atoms with Gasteiger partial charge in [0.05, 0.1) is 17.9 Å². The summed E-state index contributed by atoms with van der Waals surface area (Å²) in [7, 11) is 0. The SMILES string of the molecule is c1ccc(-c2nc3c(c(NCc4ccncn4)n2)CCNCC3)nc1. The highest BCUT2D eigenvalue weighted by molar-refractivity contribution is 5.57. The van der Waals surface area contributed by atoms with Gasteiger partial charge in [-0.25, -0.2) is 19.9 Å². The molecule has 25 heavy (non-hydrogen) atoms. The molecule has 0 fully saturated rings. The average molecular weight is 333 g/mol. The van der Waals surface area contributed by atoms with Crippen LogP contribution in [0.1, 0.15) is 17.0 Å². The smallest absolute Gasteiger partial charge is 0.180 e. The first-order valence-electron chi connectivity index (χ1n) is 8.41. The number of hydrogen-bond donors (Lipinski definition) is 2. The van der Waals surface area contributed by atoms with Gasteiger partial charge in [0.15, 0.2) is 5.82 Å².